The number of nitrogens with zero attached hydrogens (tertiary/aromatic N) is 2. The summed E-state index contributed by atoms with van der Waals surface area (Å²) in [6, 6.07) is 9.38. The van der Waals surface area contributed by atoms with Gasteiger partial charge in [0.2, 0.25) is 0 Å². The second-order valence-corrected chi connectivity index (χ2v) is 4.99. The SMILES string of the molecule is CN(CCOc1ccccc1)C(=O)c1c[nH]c(=O)cn1.O=C(O)C(F)(F)F. The first-order chi connectivity index (χ1) is 12.6. The second kappa shape index (κ2) is 9.94. The molecule has 2 aromatic rings. The third-order valence-electron chi connectivity index (χ3n) is 2.92. The van der Waals surface area contributed by atoms with Gasteiger partial charge in [-0.05, 0) is 12.1 Å². The normalized spacial score (nSPS) is 10.4. The molecule has 1 aromatic heterocycles. The van der Waals surface area contributed by atoms with Crippen molar-refractivity contribution >= 4 is 11.9 Å². The minimum atomic E-state index is -5.08. The van der Waals surface area contributed by atoms with E-state index in [1.807, 2.05) is 30.3 Å². The molecule has 1 heterocycles. The van der Waals surface area contributed by atoms with E-state index >= 15 is 0 Å². The molecule has 0 aliphatic rings. The van der Waals surface area contributed by atoms with E-state index in [0.29, 0.717) is 13.2 Å². The molecule has 146 valence electrons. The molecular weight excluding hydrogens is 371 g/mol. The zero-order valence-corrected chi connectivity index (χ0v) is 14.1. The highest BCUT2D eigenvalue weighted by Crippen LogP contribution is 2.13. The van der Waals surface area contributed by atoms with Gasteiger partial charge in [0.25, 0.3) is 11.5 Å². The van der Waals surface area contributed by atoms with Crippen LogP contribution in [0.1, 0.15) is 10.5 Å². The highest BCUT2D eigenvalue weighted by atomic mass is 19.4. The Labute approximate surface area is 151 Å². The van der Waals surface area contributed by atoms with Crippen LogP contribution in [0.5, 0.6) is 5.75 Å². The van der Waals surface area contributed by atoms with E-state index in [9.17, 15) is 22.8 Å². The molecular formula is C16H16F3N3O5. The Bertz CT molecular complexity index is 788. The molecule has 2 rings (SSSR count). The van der Waals surface area contributed by atoms with Crippen molar-refractivity contribution in [2.24, 2.45) is 0 Å². The number of halogens is 3. The van der Waals surface area contributed by atoms with Crippen molar-refractivity contribution in [3.63, 3.8) is 0 Å². The summed E-state index contributed by atoms with van der Waals surface area (Å²) in [6.07, 6.45) is -2.69. The molecule has 8 nitrogen and oxygen atoms in total. The Kier molecular flexibility index (Phi) is 7.98. The molecule has 0 aliphatic carbocycles. The molecule has 0 atom stereocenters. The van der Waals surface area contributed by atoms with Crippen LogP contribution in [0, 0.1) is 0 Å². The molecule has 0 fully saturated rings. The van der Waals surface area contributed by atoms with Gasteiger partial charge in [-0.1, -0.05) is 18.2 Å². The highest BCUT2D eigenvalue weighted by Gasteiger charge is 2.38. The summed E-state index contributed by atoms with van der Waals surface area (Å²) >= 11 is 0. The minimum absolute atomic E-state index is 0.201. The van der Waals surface area contributed by atoms with Gasteiger partial charge in [0.1, 0.15) is 18.1 Å². The Morgan fingerprint density at radius 1 is 1.26 bits per heavy atom. The van der Waals surface area contributed by atoms with Gasteiger partial charge in [-0.15, -0.1) is 0 Å². The number of aliphatic carboxylic acids is 1. The molecule has 11 heteroatoms. The molecule has 0 aliphatic heterocycles. The number of hydrogen-bond acceptors (Lipinski definition) is 5. The lowest BCUT2D eigenvalue weighted by atomic mass is 10.3. The number of carbonyl (C=O) groups excluding carboxylic acids is 1. The van der Waals surface area contributed by atoms with Crippen molar-refractivity contribution in [3.05, 3.63) is 58.8 Å². The van der Waals surface area contributed by atoms with Crippen LogP contribution in [-0.4, -0.2) is 58.2 Å². The van der Waals surface area contributed by atoms with Gasteiger partial charge in [0.05, 0.1) is 12.7 Å². The first-order valence-corrected chi connectivity index (χ1v) is 7.39. The lowest BCUT2D eigenvalue weighted by Gasteiger charge is -2.16. The van der Waals surface area contributed by atoms with Gasteiger partial charge in [0.15, 0.2) is 0 Å². The lowest BCUT2D eigenvalue weighted by Crippen LogP contribution is -2.32. The van der Waals surface area contributed by atoms with E-state index in [1.54, 1.807) is 7.05 Å². The maximum Gasteiger partial charge on any atom is 0.490 e. The number of ether oxygens (including phenoxy) is 1. The third kappa shape index (κ3) is 8.03. The summed E-state index contributed by atoms with van der Waals surface area (Å²) in [5, 5.41) is 7.12. The zero-order chi connectivity index (χ0) is 20.4. The quantitative estimate of drug-likeness (QED) is 0.805. The van der Waals surface area contributed by atoms with Crippen LogP contribution in [0.2, 0.25) is 0 Å². The largest absolute Gasteiger partial charge is 0.492 e. The Hall–Kier alpha value is -3.37. The molecule has 2 N–H and O–H groups in total. The van der Waals surface area contributed by atoms with Crippen molar-refractivity contribution in [1.82, 2.24) is 14.9 Å². The van der Waals surface area contributed by atoms with E-state index < -0.39 is 12.1 Å². The van der Waals surface area contributed by atoms with Gasteiger partial charge in [-0.2, -0.15) is 13.2 Å². The van der Waals surface area contributed by atoms with Gasteiger partial charge in [-0.25, -0.2) is 9.78 Å². The summed E-state index contributed by atoms with van der Waals surface area (Å²) in [4.78, 5) is 39.5. The minimum Gasteiger partial charge on any atom is -0.492 e. The highest BCUT2D eigenvalue weighted by molar-refractivity contribution is 5.91. The molecule has 0 unspecified atom stereocenters. The van der Waals surface area contributed by atoms with Crippen molar-refractivity contribution in [3.8, 4) is 5.75 Å². The van der Waals surface area contributed by atoms with Crippen LogP contribution in [0.25, 0.3) is 0 Å². The molecule has 1 amide bonds. The predicted octanol–water partition coefficient (Wildman–Crippen LogP) is 1.55. The monoisotopic (exact) mass is 387 g/mol. The predicted molar refractivity (Wildman–Crippen MR) is 87.4 cm³/mol. The Balaban J connectivity index is 0.000000445. The molecule has 27 heavy (non-hydrogen) atoms. The number of benzene rings is 1. The Morgan fingerprint density at radius 2 is 1.85 bits per heavy atom. The molecule has 1 aromatic carbocycles. The number of alkyl halides is 3. The third-order valence-corrected chi connectivity index (χ3v) is 2.92. The number of carboxylic acids is 1. The lowest BCUT2D eigenvalue weighted by molar-refractivity contribution is -0.192. The first kappa shape index (κ1) is 21.7. The fourth-order valence-corrected chi connectivity index (χ4v) is 1.57. The molecule has 0 saturated heterocycles. The summed E-state index contributed by atoms with van der Waals surface area (Å²) in [6.45, 7) is 0.810. The maximum atomic E-state index is 12.0. The topological polar surface area (TPSA) is 113 Å². The summed E-state index contributed by atoms with van der Waals surface area (Å²) in [5.74, 6) is -2.26. The summed E-state index contributed by atoms with van der Waals surface area (Å²) in [5.41, 5.74) is -0.136. The number of H-pyrrole nitrogens is 1. The summed E-state index contributed by atoms with van der Waals surface area (Å²) < 4.78 is 37.2. The van der Waals surface area contributed by atoms with E-state index in [4.69, 9.17) is 14.6 Å². The van der Waals surface area contributed by atoms with Crippen LogP contribution in [0.4, 0.5) is 13.2 Å². The van der Waals surface area contributed by atoms with E-state index in [1.165, 1.54) is 11.1 Å². The van der Waals surface area contributed by atoms with Gasteiger partial charge >= 0.3 is 12.1 Å². The number of amides is 1. The van der Waals surface area contributed by atoms with Crippen LogP contribution >= 0.6 is 0 Å². The standard InChI is InChI=1S/C14H15N3O3.C2HF3O2/c1-17(7-8-20-11-5-3-2-4-6-11)14(19)12-9-16-13(18)10-15-12;3-2(4,5)1(6)7/h2-6,9-10H,7-8H2,1H3,(H,16,18);(H,6,7). The van der Waals surface area contributed by atoms with Crippen LogP contribution in [0.15, 0.2) is 47.5 Å². The molecule has 0 spiro atoms. The number of aromatic amines is 1. The number of aromatic nitrogens is 2. The van der Waals surface area contributed by atoms with Crippen LogP contribution in [-0.2, 0) is 4.79 Å². The zero-order valence-electron chi connectivity index (χ0n) is 14.1. The van der Waals surface area contributed by atoms with E-state index in [-0.39, 0.29) is 17.2 Å². The van der Waals surface area contributed by atoms with Crippen LogP contribution in [0.3, 0.4) is 0 Å². The number of carbonyl (C=O) groups is 2. The first-order valence-electron chi connectivity index (χ1n) is 7.39. The number of carboxylic acid groups (broad SMARTS) is 1. The average Bonchev–Trinajstić information content (AvgIpc) is 2.62. The van der Waals surface area contributed by atoms with Gasteiger partial charge in [-0.3, -0.25) is 9.59 Å². The second-order valence-electron chi connectivity index (χ2n) is 4.99. The van der Waals surface area contributed by atoms with Crippen molar-refractivity contribution in [2.45, 2.75) is 6.18 Å². The number of likely N-dealkylation sites (N-methyl/N-ethyl adjacent to an activating group) is 1. The van der Waals surface area contributed by atoms with Crippen molar-refractivity contribution in [1.29, 1.82) is 0 Å². The number of rotatable bonds is 5. The van der Waals surface area contributed by atoms with Crippen molar-refractivity contribution in [2.75, 3.05) is 20.2 Å². The van der Waals surface area contributed by atoms with Gasteiger partial charge < -0.3 is 19.7 Å². The van der Waals surface area contributed by atoms with Crippen molar-refractivity contribution < 1.29 is 32.6 Å². The van der Waals surface area contributed by atoms with Gasteiger partial charge in [0, 0.05) is 13.2 Å². The van der Waals surface area contributed by atoms with E-state index in [0.717, 1.165) is 11.9 Å². The molecule has 0 radical (unpaired) electrons. The fourth-order valence-electron chi connectivity index (χ4n) is 1.57. The van der Waals surface area contributed by atoms with Crippen LogP contribution < -0.4 is 10.3 Å². The maximum absolute atomic E-state index is 12.0. The number of para-hydroxylation sites is 1. The summed E-state index contributed by atoms with van der Waals surface area (Å²) in [7, 11) is 1.66. The molecule has 0 saturated carbocycles. The van der Waals surface area contributed by atoms with E-state index in [2.05, 4.69) is 9.97 Å². The Morgan fingerprint density at radius 3 is 2.33 bits per heavy atom. The number of hydrogen-bond donors (Lipinski definition) is 2. The fraction of sp³-hybridized carbons (Fsp3) is 0.250. The average molecular weight is 387 g/mol. The smallest absolute Gasteiger partial charge is 0.490 e. The molecule has 0 bridgehead atoms. The number of nitrogens with one attached hydrogen (secondary N) is 1.